The van der Waals surface area contributed by atoms with Gasteiger partial charge in [-0.1, -0.05) is 41.4 Å². The van der Waals surface area contributed by atoms with Gasteiger partial charge in [0.05, 0.1) is 23.2 Å². The van der Waals surface area contributed by atoms with Gasteiger partial charge in [-0.05, 0) is 36.2 Å². The van der Waals surface area contributed by atoms with Crippen molar-refractivity contribution < 1.29 is 9.59 Å². The number of carbonyl (C=O) groups excluding carboxylic acids is 2. The van der Waals surface area contributed by atoms with Crippen molar-refractivity contribution in [2.45, 2.75) is 18.9 Å². The second kappa shape index (κ2) is 7.35. The number of fused-ring (bicyclic) bond motifs is 1. The molecule has 3 aromatic rings. The van der Waals surface area contributed by atoms with Gasteiger partial charge in [0.2, 0.25) is 5.91 Å². The number of H-pyrrole nitrogens is 1. The quantitative estimate of drug-likeness (QED) is 0.636. The summed E-state index contributed by atoms with van der Waals surface area (Å²) >= 11 is 12.1. The van der Waals surface area contributed by atoms with Gasteiger partial charge in [-0.2, -0.15) is 0 Å². The van der Waals surface area contributed by atoms with Gasteiger partial charge in [-0.25, -0.2) is 4.90 Å². The Morgan fingerprint density at radius 2 is 1.96 bits per heavy atom. The molecule has 0 radical (unpaired) electrons. The zero-order valence-corrected chi connectivity index (χ0v) is 15.8. The maximum absolute atomic E-state index is 12.7. The topological polar surface area (TPSA) is 65.2 Å². The molecule has 1 unspecified atom stereocenters. The highest BCUT2D eigenvalue weighted by molar-refractivity contribution is 6.38. The Labute approximate surface area is 166 Å². The number of rotatable bonds is 5. The maximum atomic E-state index is 12.7. The van der Waals surface area contributed by atoms with Crippen LogP contribution in [0.1, 0.15) is 12.0 Å². The molecule has 138 valence electrons. The standard InChI is InChI=1S/C20H17Cl2N3O2/c21-13-5-6-18(15(22)9-13)25-19(26)10-17(20(25)27)23-8-7-12-11-24-16-4-2-1-3-14(12)16/h1-6,9,11,17,23-24H,7-8,10H2. The van der Waals surface area contributed by atoms with E-state index in [0.717, 1.165) is 16.8 Å². The second-order valence-corrected chi connectivity index (χ2v) is 7.33. The third kappa shape index (κ3) is 3.46. The minimum atomic E-state index is -0.547. The second-order valence-electron chi connectivity index (χ2n) is 6.48. The molecule has 1 aliphatic heterocycles. The van der Waals surface area contributed by atoms with Crippen LogP contribution in [0.2, 0.25) is 10.0 Å². The van der Waals surface area contributed by atoms with Gasteiger partial charge in [0.1, 0.15) is 0 Å². The SMILES string of the molecule is O=C1CC(NCCc2c[nH]c3ccccc23)C(=O)N1c1ccc(Cl)cc1Cl. The van der Waals surface area contributed by atoms with E-state index in [9.17, 15) is 9.59 Å². The number of hydrogen-bond acceptors (Lipinski definition) is 3. The van der Waals surface area contributed by atoms with E-state index < -0.39 is 6.04 Å². The highest BCUT2D eigenvalue weighted by Crippen LogP contribution is 2.32. The summed E-state index contributed by atoms with van der Waals surface area (Å²) < 4.78 is 0. The molecule has 27 heavy (non-hydrogen) atoms. The van der Waals surface area contributed by atoms with Crippen molar-refractivity contribution in [3.05, 3.63) is 64.3 Å². The minimum Gasteiger partial charge on any atom is -0.361 e. The number of aromatic nitrogens is 1. The number of aromatic amines is 1. The van der Waals surface area contributed by atoms with Crippen molar-refractivity contribution in [1.29, 1.82) is 0 Å². The van der Waals surface area contributed by atoms with Crippen molar-refractivity contribution in [2.75, 3.05) is 11.4 Å². The highest BCUT2D eigenvalue weighted by atomic mass is 35.5. The number of benzene rings is 2. The van der Waals surface area contributed by atoms with Crippen LogP contribution in [-0.2, 0) is 16.0 Å². The largest absolute Gasteiger partial charge is 0.361 e. The van der Waals surface area contributed by atoms with E-state index in [0.29, 0.717) is 17.3 Å². The summed E-state index contributed by atoms with van der Waals surface area (Å²) in [5, 5.41) is 5.11. The molecular formula is C20H17Cl2N3O2. The monoisotopic (exact) mass is 401 g/mol. The molecular weight excluding hydrogens is 385 g/mol. The first-order valence-corrected chi connectivity index (χ1v) is 9.40. The average Bonchev–Trinajstić information content (AvgIpc) is 3.17. The average molecular weight is 402 g/mol. The fraction of sp³-hybridized carbons (Fsp3) is 0.200. The molecule has 7 heteroatoms. The van der Waals surface area contributed by atoms with Crippen LogP contribution in [0.4, 0.5) is 5.69 Å². The number of carbonyl (C=O) groups is 2. The van der Waals surface area contributed by atoms with Gasteiger partial charge in [-0.15, -0.1) is 0 Å². The molecule has 1 saturated heterocycles. The molecule has 1 fully saturated rings. The molecule has 4 rings (SSSR count). The van der Waals surface area contributed by atoms with E-state index in [1.807, 2.05) is 24.4 Å². The number of para-hydroxylation sites is 1. The Balaban J connectivity index is 1.43. The third-order valence-corrected chi connectivity index (χ3v) is 5.30. The fourth-order valence-corrected chi connectivity index (χ4v) is 3.92. The van der Waals surface area contributed by atoms with Crippen molar-refractivity contribution in [3.63, 3.8) is 0 Å². The fourth-order valence-electron chi connectivity index (χ4n) is 3.43. The Morgan fingerprint density at radius 1 is 1.15 bits per heavy atom. The Bertz CT molecular complexity index is 1030. The van der Waals surface area contributed by atoms with E-state index in [4.69, 9.17) is 23.2 Å². The summed E-state index contributed by atoms with van der Waals surface area (Å²) in [4.78, 5) is 29.5. The van der Waals surface area contributed by atoms with Crippen molar-refractivity contribution >= 4 is 51.6 Å². The number of anilines is 1. The Kier molecular flexibility index (Phi) is 4.91. The molecule has 5 nitrogen and oxygen atoms in total. The van der Waals surface area contributed by atoms with Gasteiger partial charge in [0.15, 0.2) is 0 Å². The summed E-state index contributed by atoms with van der Waals surface area (Å²) in [7, 11) is 0. The number of nitrogens with zero attached hydrogens (tertiary/aromatic N) is 1. The van der Waals surface area contributed by atoms with Crippen LogP contribution in [-0.4, -0.2) is 29.4 Å². The van der Waals surface area contributed by atoms with Crippen LogP contribution < -0.4 is 10.2 Å². The summed E-state index contributed by atoms with van der Waals surface area (Å²) in [5.74, 6) is -0.558. The van der Waals surface area contributed by atoms with E-state index in [-0.39, 0.29) is 23.3 Å². The van der Waals surface area contributed by atoms with E-state index in [2.05, 4.69) is 16.4 Å². The lowest BCUT2D eigenvalue weighted by Crippen LogP contribution is -2.39. The first-order valence-electron chi connectivity index (χ1n) is 8.65. The van der Waals surface area contributed by atoms with Gasteiger partial charge in [0.25, 0.3) is 5.91 Å². The molecule has 0 saturated carbocycles. The highest BCUT2D eigenvalue weighted by Gasteiger charge is 2.40. The van der Waals surface area contributed by atoms with Crippen LogP contribution in [0, 0.1) is 0 Å². The zero-order valence-electron chi connectivity index (χ0n) is 14.3. The van der Waals surface area contributed by atoms with Crippen LogP contribution in [0.25, 0.3) is 10.9 Å². The first-order chi connectivity index (χ1) is 13.0. The lowest BCUT2D eigenvalue weighted by molar-refractivity contribution is -0.121. The molecule has 0 bridgehead atoms. The maximum Gasteiger partial charge on any atom is 0.251 e. The summed E-state index contributed by atoms with van der Waals surface area (Å²) in [5.41, 5.74) is 2.63. The predicted octanol–water partition coefficient (Wildman–Crippen LogP) is 3.94. The minimum absolute atomic E-state index is 0.117. The lowest BCUT2D eigenvalue weighted by Gasteiger charge is -2.17. The van der Waals surface area contributed by atoms with E-state index in [1.165, 1.54) is 17.0 Å². The molecule has 1 aromatic heterocycles. The molecule has 1 atom stereocenters. The molecule has 2 heterocycles. The van der Waals surface area contributed by atoms with Crippen molar-refractivity contribution in [2.24, 2.45) is 0 Å². The van der Waals surface area contributed by atoms with E-state index in [1.54, 1.807) is 12.1 Å². The summed E-state index contributed by atoms with van der Waals surface area (Å²) in [6, 6.07) is 12.3. The lowest BCUT2D eigenvalue weighted by atomic mass is 10.1. The van der Waals surface area contributed by atoms with Gasteiger partial charge < -0.3 is 10.3 Å². The van der Waals surface area contributed by atoms with Crippen LogP contribution in [0.5, 0.6) is 0 Å². The summed E-state index contributed by atoms with van der Waals surface area (Å²) in [6.45, 7) is 0.591. The molecule has 0 aliphatic carbocycles. The number of imide groups is 1. The Morgan fingerprint density at radius 3 is 2.78 bits per heavy atom. The van der Waals surface area contributed by atoms with Crippen LogP contribution >= 0.6 is 23.2 Å². The Hall–Kier alpha value is -2.34. The predicted molar refractivity (Wildman–Crippen MR) is 107 cm³/mol. The molecule has 2 aromatic carbocycles. The third-order valence-electron chi connectivity index (χ3n) is 4.76. The van der Waals surface area contributed by atoms with Crippen molar-refractivity contribution in [1.82, 2.24) is 10.3 Å². The number of amides is 2. The smallest absolute Gasteiger partial charge is 0.251 e. The normalized spacial score (nSPS) is 17.3. The van der Waals surface area contributed by atoms with Crippen LogP contribution in [0.3, 0.4) is 0 Å². The first kappa shape index (κ1) is 18.0. The van der Waals surface area contributed by atoms with Gasteiger partial charge in [-0.3, -0.25) is 9.59 Å². The molecule has 2 N–H and O–H groups in total. The van der Waals surface area contributed by atoms with Gasteiger partial charge in [0, 0.05) is 28.7 Å². The van der Waals surface area contributed by atoms with Crippen LogP contribution in [0.15, 0.2) is 48.7 Å². The zero-order chi connectivity index (χ0) is 19.0. The van der Waals surface area contributed by atoms with Gasteiger partial charge >= 0.3 is 0 Å². The summed E-state index contributed by atoms with van der Waals surface area (Å²) in [6.07, 6.45) is 2.85. The molecule has 1 aliphatic rings. The molecule has 0 spiro atoms. The van der Waals surface area contributed by atoms with Crippen molar-refractivity contribution in [3.8, 4) is 0 Å². The number of nitrogens with one attached hydrogen (secondary N) is 2. The number of halogens is 2. The molecule has 2 amide bonds. The van der Waals surface area contributed by atoms with E-state index >= 15 is 0 Å². The number of hydrogen-bond donors (Lipinski definition) is 2.